The van der Waals surface area contributed by atoms with E-state index < -0.39 is 0 Å². The van der Waals surface area contributed by atoms with Gasteiger partial charge in [0.2, 0.25) is 0 Å². The van der Waals surface area contributed by atoms with Crippen molar-refractivity contribution < 1.29 is 4.42 Å². The molecule has 0 N–H and O–H groups in total. The second kappa shape index (κ2) is 13.6. The van der Waals surface area contributed by atoms with Crippen LogP contribution in [-0.2, 0) is 0 Å². The monoisotopic (exact) mass is 747 g/mol. The van der Waals surface area contributed by atoms with Crippen LogP contribution < -0.4 is 4.90 Å². The zero-order valence-corrected chi connectivity index (χ0v) is 32.6. The molecule has 4 aliphatic rings. The van der Waals surface area contributed by atoms with Crippen LogP contribution in [0.15, 0.2) is 186 Å². The van der Waals surface area contributed by atoms with Gasteiger partial charge < -0.3 is 9.32 Å². The van der Waals surface area contributed by atoms with Crippen molar-refractivity contribution in [1.29, 1.82) is 0 Å². The maximum Gasteiger partial charge on any atom is 0.143 e. The van der Waals surface area contributed by atoms with E-state index in [2.05, 4.69) is 187 Å². The number of fused-ring (bicyclic) bond motifs is 5. The van der Waals surface area contributed by atoms with Crippen LogP contribution in [0.4, 0.5) is 17.1 Å². The first-order chi connectivity index (χ1) is 28.7. The van der Waals surface area contributed by atoms with Gasteiger partial charge in [0.1, 0.15) is 11.2 Å². The minimum Gasteiger partial charge on any atom is -0.455 e. The Kier molecular flexibility index (Phi) is 7.93. The Labute approximate surface area is 340 Å². The Hall–Kier alpha value is -6.38. The van der Waals surface area contributed by atoms with Crippen LogP contribution in [0.1, 0.15) is 43.6 Å². The van der Waals surface area contributed by atoms with Gasteiger partial charge in [0.25, 0.3) is 0 Å². The van der Waals surface area contributed by atoms with Gasteiger partial charge in [0, 0.05) is 32.9 Å². The van der Waals surface area contributed by atoms with Gasteiger partial charge in [-0.15, -0.1) is 0 Å². The first kappa shape index (κ1) is 33.7. The second-order valence-corrected chi connectivity index (χ2v) is 17.3. The molecule has 280 valence electrons. The smallest absolute Gasteiger partial charge is 0.143 e. The Morgan fingerprint density at radius 2 is 0.948 bits per heavy atom. The Bertz CT molecular complexity index is 2930. The third-order valence-electron chi connectivity index (χ3n) is 14.0. The average molecular weight is 748 g/mol. The van der Waals surface area contributed by atoms with E-state index in [0.717, 1.165) is 57.3 Å². The van der Waals surface area contributed by atoms with Crippen LogP contribution in [0.25, 0.3) is 66.1 Å². The summed E-state index contributed by atoms with van der Waals surface area (Å²) in [6.07, 6.45) is 7.06. The highest BCUT2D eigenvalue weighted by Gasteiger charge is 2.49. The molecule has 9 aromatic rings. The number of anilines is 3. The molecule has 13 rings (SSSR count). The molecule has 0 saturated heterocycles. The lowest BCUT2D eigenvalue weighted by molar-refractivity contribution is -0.00229. The van der Waals surface area contributed by atoms with Gasteiger partial charge in [-0.05, 0) is 143 Å². The molecule has 4 aliphatic carbocycles. The van der Waals surface area contributed by atoms with E-state index in [4.69, 9.17) is 4.42 Å². The lowest BCUT2D eigenvalue weighted by Gasteiger charge is -2.54. The first-order valence-electron chi connectivity index (χ1n) is 21.3. The molecule has 0 atom stereocenters. The quantitative estimate of drug-likeness (QED) is 0.161. The van der Waals surface area contributed by atoms with Crippen LogP contribution in [0.5, 0.6) is 0 Å². The molecule has 0 spiro atoms. The predicted octanol–water partition coefficient (Wildman–Crippen LogP) is 15.7. The Balaban J connectivity index is 1.06. The van der Waals surface area contributed by atoms with Crippen LogP contribution >= 0.6 is 0 Å². The van der Waals surface area contributed by atoms with Gasteiger partial charge in [-0.2, -0.15) is 0 Å². The van der Waals surface area contributed by atoms with Crippen LogP contribution in [-0.4, -0.2) is 0 Å². The molecule has 2 nitrogen and oxygen atoms in total. The van der Waals surface area contributed by atoms with Crippen molar-refractivity contribution in [3.63, 3.8) is 0 Å². The molecular weight excluding hydrogens is 703 g/mol. The highest BCUT2D eigenvalue weighted by molar-refractivity contribution is 6.20. The summed E-state index contributed by atoms with van der Waals surface area (Å²) < 4.78 is 6.97. The number of rotatable bonds is 7. The van der Waals surface area contributed by atoms with Gasteiger partial charge >= 0.3 is 0 Å². The number of nitrogens with zero attached hydrogens (tertiary/aromatic N) is 1. The molecule has 4 fully saturated rings. The molecule has 0 amide bonds. The fourth-order valence-electron chi connectivity index (χ4n) is 11.7. The maximum absolute atomic E-state index is 6.97. The van der Waals surface area contributed by atoms with Crippen molar-refractivity contribution in [3.05, 3.63) is 188 Å². The zero-order chi connectivity index (χ0) is 38.2. The first-order valence-corrected chi connectivity index (χ1v) is 21.3. The Morgan fingerprint density at radius 1 is 0.397 bits per heavy atom. The van der Waals surface area contributed by atoms with Crippen molar-refractivity contribution in [2.45, 2.75) is 38.0 Å². The van der Waals surface area contributed by atoms with Crippen LogP contribution in [0.2, 0.25) is 0 Å². The number of benzene rings is 8. The third-order valence-corrected chi connectivity index (χ3v) is 14.0. The van der Waals surface area contributed by atoms with Crippen LogP contribution in [0.3, 0.4) is 0 Å². The highest BCUT2D eigenvalue weighted by atomic mass is 16.3. The van der Waals surface area contributed by atoms with Crippen molar-refractivity contribution in [1.82, 2.24) is 0 Å². The third kappa shape index (κ3) is 5.61. The lowest BCUT2D eigenvalue weighted by Crippen LogP contribution is -2.43. The number of hydrogen-bond donors (Lipinski definition) is 0. The van der Waals surface area contributed by atoms with E-state index in [9.17, 15) is 0 Å². The summed E-state index contributed by atoms with van der Waals surface area (Å²) >= 11 is 0. The summed E-state index contributed by atoms with van der Waals surface area (Å²) in [5, 5.41) is 4.88. The van der Waals surface area contributed by atoms with E-state index in [-0.39, 0.29) is 0 Å². The minimum atomic E-state index is 0.609. The fourth-order valence-corrected chi connectivity index (χ4v) is 11.7. The molecular formula is C56H45NO. The van der Waals surface area contributed by atoms with Crippen molar-refractivity contribution in [2.75, 3.05) is 4.90 Å². The fraction of sp³-hybridized carbons (Fsp3) is 0.179. The van der Waals surface area contributed by atoms with Crippen molar-refractivity contribution >= 4 is 49.8 Å². The summed E-state index contributed by atoms with van der Waals surface area (Å²) in [7, 11) is 0. The summed E-state index contributed by atoms with van der Waals surface area (Å²) in [5.41, 5.74) is 14.2. The molecule has 8 aromatic carbocycles. The average Bonchev–Trinajstić information content (AvgIpc) is 3.67. The summed E-state index contributed by atoms with van der Waals surface area (Å²) in [5.74, 6) is 4.06. The Morgan fingerprint density at radius 3 is 1.66 bits per heavy atom. The number of furan rings is 1. The molecule has 0 unspecified atom stereocenters. The van der Waals surface area contributed by atoms with E-state index >= 15 is 0 Å². The van der Waals surface area contributed by atoms with Gasteiger partial charge in [-0.3, -0.25) is 0 Å². The standard InChI is InChI=1S/C56H45NO/c1-3-12-38(13-4-1)40-24-26-46(27-25-40)57(47-19-10-18-43(34-47)42-17-9-16-41(33-42)39-14-5-2-6-15-39)52-35-51-55-50(54-44-29-36-28-37(31-44)32-45(54)30-36)22-11-23-53(55)58-56(51)49-21-8-7-20-48(49)52/h1-27,33-37,44-45,54H,28-32H2. The lowest BCUT2D eigenvalue weighted by atomic mass is 9.50. The molecule has 4 bridgehead atoms. The van der Waals surface area contributed by atoms with E-state index in [0.29, 0.717) is 5.92 Å². The van der Waals surface area contributed by atoms with E-state index in [1.807, 2.05) is 0 Å². The topological polar surface area (TPSA) is 16.4 Å². The molecule has 0 aliphatic heterocycles. The summed E-state index contributed by atoms with van der Waals surface area (Å²) in [6.45, 7) is 0. The van der Waals surface area contributed by atoms with Crippen molar-refractivity contribution in [2.24, 2.45) is 23.7 Å². The second-order valence-electron chi connectivity index (χ2n) is 17.3. The summed E-state index contributed by atoms with van der Waals surface area (Å²) in [4.78, 5) is 2.48. The summed E-state index contributed by atoms with van der Waals surface area (Å²) in [6, 6.07) is 66.7. The molecule has 1 aromatic heterocycles. The number of hydrogen-bond acceptors (Lipinski definition) is 2. The van der Waals surface area contributed by atoms with E-state index in [1.54, 1.807) is 0 Å². The van der Waals surface area contributed by atoms with Gasteiger partial charge in [0.05, 0.1) is 5.69 Å². The molecule has 0 radical (unpaired) electrons. The SMILES string of the molecule is c1ccc(-c2ccc(N(c3cccc(-c4cccc(-c5ccccc5)c4)c3)c3cc4c(oc5cccc(C6C7CC8CC(C7)CC6C8)c54)c4ccccc34)cc2)cc1. The van der Waals surface area contributed by atoms with E-state index in [1.165, 1.54) is 87.2 Å². The molecule has 2 heteroatoms. The normalized spacial score (nSPS) is 20.9. The zero-order valence-electron chi connectivity index (χ0n) is 32.6. The van der Waals surface area contributed by atoms with Crippen LogP contribution in [0, 0.1) is 23.7 Å². The molecule has 58 heavy (non-hydrogen) atoms. The van der Waals surface area contributed by atoms with Gasteiger partial charge in [0.15, 0.2) is 0 Å². The minimum absolute atomic E-state index is 0.609. The highest BCUT2D eigenvalue weighted by Crippen LogP contribution is 2.61. The van der Waals surface area contributed by atoms with Gasteiger partial charge in [-0.25, -0.2) is 0 Å². The molecule has 1 heterocycles. The largest absolute Gasteiger partial charge is 0.455 e. The van der Waals surface area contributed by atoms with Gasteiger partial charge in [-0.1, -0.05) is 140 Å². The predicted molar refractivity (Wildman–Crippen MR) is 242 cm³/mol. The molecule has 4 saturated carbocycles. The maximum atomic E-state index is 6.97. The van der Waals surface area contributed by atoms with Crippen molar-refractivity contribution in [3.8, 4) is 33.4 Å².